The van der Waals surface area contributed by atoms with Crippen LogP contribution in [0, 0.1) is 0 Å². The second-order valence-corrected chi connectivity index (χ2v) is 3.15. The third-order valence-electron chi connectivity index (χ3n) is 2.10. The van der Waals surface area contributed by atoms with Crippen LogP contribution in [0.2, 0.25) is 0 Å². The van der Waals surface area contributed by atoms with Crippen LogP contribution >= 0.6 is 0 Å². The van der Waals surface area contributed by atoms with Crippen molar-refractivity contribution in [2.24, 2.45) is 0 Å². The van der Waals surface area contributed by atoms with Gasteiger partial charge >= 0.3 is 11.9 Å². The number of carboxylic acid groups (broad SMARTS) is 1. The highest BCUT2D eigenvalue weighted by Gasteiger charge is 2.18. The summed E-state index contributed by atoms with van der Waals surface area (Å²) in [7, 11) is 0. The number of rotatable bonds is 2. The van der Waals surface area contributed by atoms with E-state index in [0.29, 0.717) is 0 Å². The van der Waals surface area contributed by atoms with E-state index in [1.54, 1.807) is 0 Å². The molecule has 0 atom stereocenters. The number of carboxylic acids is 1. The molecular formula is C8H13NO4. The van der Waals surface area contributed by atoms with Gasteiger partial charge in [0.25, 0.3) is 0 Å². The van der Waals surface area contributed by atoms with Crippen molar-refractivity contribution in [1.82, 2.24) is 5.48 Å². The third kappa shape index (κ3) is 3.42. The normalized spacial score (nSPS) is 18.2. The van der Waals surface area contributed by atoms with Crippen molar-refractivity contribution < 1.29 is 19.5 Å². The molecule has 0 spiro atoms. The molecule has 0 radical (unpaired) electrons. The van der Waals surface area contributed by atoms with Crippen LogP contribution in [0.1, 0.15) is 32.1 Å². The van der Waals surface area contributed by atoms with E-state index in [1.165, 1.54) is 6.42 Å². The van der Waals surface area contributed by atoms with Crippen molar-refractivity contribution in [3.05, 3.63) is 0 Å². The van der Waals surface area contributed by atoms with Crippen LogP contribution in [0.4, 0.5) is 0 Å². The van der Waals surface area contributed by atoms with Gasteiger partial charge in [-0.2, -0.15) is 0 Å². The molecule has 5 nitrogen and oxygen atoms in total. The molecule has 1 aliphatic rings. The summed E-state index contributed by atoms with van der Waals surface area (Å²) in [6.45, 7) is 0. The Labute approximate surface area is 76.0 Å². The molecule has 13 heavy (non-hydrogen) atoms. The first-order valence-corrected chi connectivity index (χ1v) is 4.40. The van der Waals surface area contributed by atoms with Crippen molar-refractivity contribution >= 4 is 11.9 Å². The molecule has 0 amide bonds. The molecular weight excluding hydrogens is 174 g/mol. The zero-order valence-electron chi connectivity index (χ0n) is 7.28. The molecule has 0 heterocycles. The zero-order valence-corrected chi connectivity index (χ0v) is 7.28. The number of nitrogens with one attached hydrogen (secondary N) is 1. The van der Waals surface area contributed by atoms with Crippen LogP contribution < -0.4 is 5.48 Å². The Balaban J connectivity index is 2.17. The van der Waals surface area contributed by atoms with Gasteiger partial charge in [-0.15, -0.1) is 5.48 Å². The lowest BCUT2D eigenvalue weighted by atomic mass is 9.96. The molecule has 1 saturated carbocycles. The fourth-order valence-corrected chi connectivity index (χ4v) is 1.40. The van der Waals surface area contributed by atoms with Crippen LogP contribution in [0.15, 0.2) is 0 Å². The zero-order chi connectivity index (χ0) is 9.68. The van der Waals surface area contributed by atoms with E-state index >= 15 is 0 Å². The Morgan fingerprint density at radius 1 is 1.23 bits per heavy atom. The molecule has 1 fully saturated rings. The van der Waals surface area contributed by atoms with E-state index in [4.69, 9.17) is 5.11 Å². The fraction of sp³-hybridized carbons (Fsp3) is 0.750. The maximum atomic E-state index is 10.5. The first kappa shape index (κ1) is 9.98. The first-order chi connectivity index (χ1) is 6.20. The summed E-state index contributed by atoms with van der Waals surface area (Å²) in [5.74, 6) is -2.81. The van der Waals surface area contributed by atoms with Gasteiger partial charge in [-0.3, -0.25) is 0 Å². The molecule has 0 aromatic carbocycles. The number of hydroxylamine groups is 1. The summed E-state index contributed by atoms with van der Waals surface area (Å²) < 4.78 is 0. The molecule has 0 saturated heterocycles. The highest BCUT2D eigenvalue weighted by molar-refractivity contribution is 6.28. The standard InChI is InChI=1S/C8H13NO4/c10-7(11)8(12)13-9-6-4-2-1-3-5-6/h6,9H,1-5H2,(H,10,11). The maximum Gasteiger partial charge on any atom is 0.435 e. The van der Waals surface area contributed by atoms with E-state index in [1.807, 2.05) is 0 Å². The van der Waals surface area contributed by atoms with Crippen molar-refractivity contribution in [1.29, 1.82) is 0 Å². The SMILES string of the molecule is O=C(O)C(=O)ONC1CCCCC1. The van der Waals surface area contributed by atoms with Gasteiger partial charge in [0.1, 0.15) is 0 Å². The van der Waals surface area contributed by atoms with Crippen LogP contribution in [0.5, 0.6) is 0 Å². The summed E-state index contributed by atoms with van der Waals surface area (Å²) in [5, 5.41) is 8.20. The smallest absolute Gasteiger partial charge is 0.435 e. The molecule has 5 heteroatoms. The van der Waals surface area contributed by atoms with E-state index in [9.17, 15) is 9.59 Å². The van der Waals surface area contributed by atoms with Gasteiger partial charge in [0, 0.05) is 6.04 Å². The minimum absolute atomic E-state index is 0.122. The van der Waals surface area contributed by atoms with Gasteiger partial charge in [-0.1, -0.05) is 19.3 Å². The Hall–Kier alpha value is -1.10. The van der Waals surface area contributed by atoms with Crippen LogP contribution in [-0.4, -0.2) is 23.1 Å². The molecule has 2 N–H and O–H groups in total. The van der Waals surface area contributed by atoms with Gasteiger partial charge < -0.3 is 9.94 Å². The summed E-state index contributed by atoms with van der Waals surface area (Å²) >= 11 is 0. The fourth-order valence-electron chi connectivity index (χ4n) is 1.40. The maximum absolute atomic E-state index is 10.5. The number of hydrogen-bond acceptors (Lipinski definition) is 4. The minimum atomic E-state index is -1.57. The van der Waals surface area contributed by atoms with Crippen molar-refractivity contribution in [3.8, 4) is 0 Å². The molecule has 0 bridgehead atoms. The van der Waals surface area contributed by atoms with Crippen LogP contribution in [0.3, 0.4) is 0 Å². The van der Waals surface area contributed by atoms with Crippen LogP contribution in [0.25, 0.3) is 0 Å². The van der Waals surface area contributed by atoms with Crippen molar-refractivity contribution in [2.45, 2.75) is 38.1 Å². The Kier molecular flexibility index (Phi) is 3.70. The largest absolute Gasteiger partial charge is 0.473 e. The second-order valence-electron chi connectivity index (χ2n) is 3.15. The second kappa shape index (κ2) is 4.81. The first-order valence-electron chi connectivity index (χ1n) is 4.40. The molecule has 0 unspecified atom stereocenters. The van der Waals surface area contributed by atoms with Gasteiger partial charge in [-0.05, 0) is 12.8 Å². The third-order valence-corrected chi connectivity index (χ3v) is 2.10. The Morgan fingerprint density at radius 3 is 2.38 bits per heavy atom. The minimum Gasteiger partial charge on any atom is -0.473 e. The number of carbonyl (C=O) groups is 2. The van der Waals surface area contributed by atoms with E-state index in [0.717, 1.165) is 25.7 Å². The predicted octanol–water partition coefficient (Wildman–Crippen LogP) is 0.451. The number of hydrogen-bond donors (Lipinski definition) is 2. The highest BCUT2D eigenvalue weighted by Crippen LogP contribution is 2.17. The van der Waals surface area contributed by atoms with E-state index in [-0.39, 0.29) is 6.04 Å². The van der Waals surface area contributed by atoms with E-state index < -0.39 is 11.9 Å². The monoisotopic (exact) mass is 187 g/mol. The average molecular weight is 187 g/mol. The quantitative estimate of drug-likeness (QED) is 0.485. The molecule has 1 rings (SSSR count). The Bertz CT molecular complexity index is 198. The topological polar surface area (TPSA) is 75.6 Å². The highest BCUT2D eigenvalue weighted by atomic mass is 16.7. The van der Waals surface area contributed by atoms with Crippen molar-refractivity contribution in [3.63, 3.8) is 0 Å². The number of aliphatic carboxylic acids is 1. The summed E-state index contributed by atoms with van der Waals surface area (Å²) in [6.07, 6.45) is 5.27. The van der Waals surface area contributed by atoms with Gasteiger partial charge in [0.2, 0.25) is 0 Å². The molecule has 0 aromatic rings. The van der Waals surface area contributed by atoms with Crippen molar-refractivity contribution in [2.75, 3.05) is 0 Å². The lowest BCUT2D eigenvalue weighted by molar-refractivity contribution is -0.170. The molecule has 74 valence electrons. The average Bonchev–Trinajstić information content (AvgIpc) is 2.15. The predicted molar refractivity (Wildman–Crippen MR) is 43.7 cm³/mol. The Morgan fingerprint density at radius 2 is 1.85 bits per heavy atom. The van der Waals surface area contributed by atoms with Crippen LogP contribution in [-0.2, 0) is 14.4 Å². The van der Waals surface area contributed by atoms with Gasteiger partial charge in [0.05, 0.1) is 0 Å². The summed E-state index contributed by atoms with van der Waals surface area (Å²) in [6, 6.07) is 0.122. The number of carbonyl (C=O) groups excluding carboxylic acids is 1. The summed E-state index contributed by atoms with van der Waals surface area (Å²) in [4.78, 5) is 24.9. The van der Waals surface area contributed by atoms with E-state index in [2.05, 4.69) is 10.3 Å². The van der Waals surface area contributed by atoms with Gasteiger partial charge in [-0.25, -0.2) is 9.59 Å². The molecule has 0 aromatic heterocycles. The molecule has 1 aliphatic carbocycles. The summed E-state index contributed by atoms with van der Waals surface area (Å²) in [5.41, 5.74) is 2.47. The lowest BCUT2D eigenvalue weighted by Crippen LogP contribution is -2.35. The molecule has 0 aliphatic heterocycles. The lowest BCUT2D eigenvalue weighted by Gasteiger charge is -2.21. The van der Waals surface area contributed by atoms with Gasteiger partial charge in [0.15, 0.2) is 0 Å².